The van der Waals surface area contributed by atoms with Gasteiger partial charge in [0, 0.05) is 22.3 Å². The molecule has 0 fully saturated rings. The van der Waals surface area contributed by atoms with Crippen LogP contribution in [0.3, 0.4) is 0 Å². The van der Waals surface area contributed by atoms with Gasteiger partial charge in [-0.3, -0.25) is 0 Å². The van der Waals surface area contributed by atoms with Crippen LogP contribution in [0, 0.1) is 6.92 Å². The van der Waals surface area contributed by atoms with E-state index in [1.54, 1.807) is 0 Å². The molecule has 0 aliphatic rings. The van der Waals surface area contributed by atoms with E-state index in [4.69, 9.17) is 0 Å². The Bertz CT molecular complexity index is 581. The molecule has 0 unspecified atom stereocenters. The molecule has 0 amide bonds. The highest BCUT2D eigenvalue weighted by molar-refractivity contribution is 9.10. The normalized spacial score (nSPS) is 10.5. The topological polar surface area (TPSA) is 32.3 Å². The number of phenols is 1. The van der Waals surface area contributed by atoms with Crippen molar-refractivity contribution < 1.29 is 5.11 Å². The minimum atomic E-state index is 0.380. The van der Waals surface area contributed by atoms with Crippen LogP contribution in [-0.2, 0) is 13.0 Å². The van der Waals surface area contributed by atoms with E-state index in [0.29, 0.717) is 12.3 Å². The molecule has 0 spiro atoms. The largest absolute Gasteiger partial charge is 0.507 e. The molecule has 2 rings (SSSR count). The molecule has 19 heavy (non-hydrogen) atoms. The van der Waals surface area contributed by atoms with Crippen molar-refractivity contribution in [2.24, 2.45) is 0 Å². The zero-order valence-corrected chi connectivity index (χ0v) is 12.8. The number of anilines is 1. The van der Waals surface area contributed by atoms with Crippen molar-refractivity contribution in [2.45, 2.75) is 26.8 Å². The maximum Gasteiger partial charge on any atom is 0.123 e. The molecule has 2 nitrogen and oxygen atoms in total. The molecule has 0 aromatic heterocycles. The zero-order valence-electron chi connectivity index (χ0n) is 11.2. The quantitative estimate of drug-likeness (QED) is 0.860. The molecule has 0 radical (unpaired) electrons. The summed E-state index contributed by atoms with van der Waals surface area (Å²) in [6.07, 6.45) is 0.974. The molecule has 0 atom stereocenters. The van der Waals surface area contributed by atoms with Gasteiger partial charge < -0.3 is 10.4 Å². The number of rotatable bonds is 4. The van der Waals surface area contributed by atoms with E-state index in [9.17, 15) is 5.11 Å². The summed E-state index contributed by atoms with van der Waals surface area (Å²) in [6, 6.07) is 12.0. The van der Waals surface area contributed by atoms with Gasteiger partial charge >= 0.3 is 0 Å². The van der Waals surface area contributed by atoms with Crippen LogP contribution >= 0.6 is 15.9 Å². The minimum absolute atomic E-state index is 0.380. The zero-order chi connectivity index (χ0) is 13.8. The van der Waals surface area contributed by atoms with Gasteiger partial charge in [0.1, 0.15) is 5.75 Å². The van der Waals surface area contributed by atoms with Gasteiger partial charge in [-0.15, -0.1) is 0 Å². The number of benzene rings is 2. The molecule has 100 valence electrons. The van der Waals surface area contributed by atoms with Gasteiger partial charge in [0.05, 0.1) is 0 Å². The Hall–Kier alpha value is -1.48. The maximum atomic E-state index is 10.00. The fourth-order valence-electron chi connectivity index (χ4n) is 2.08. The molecule has 3 heteroatoms. The molecule has 0 aliphatic carbocycles. The van der Waals surface area contributed by atoms with E-state index in [1.807, 2.05) is 31.2 Å². The van der Waals surface area contributed by atoms with Gasteiger partial charge in [-0.05, 0) is 42.7 Å². The fraction of sp³-hybridized carbons (Fsp3) is 0.250. The average molecular weight is 320 g/mol. The Morgan fingerprint density at radius 3 is 2.68 bits per heavy atom. The van der Waals surface area contributed by atoms with Crippen LogP contribution in [0.15, 0.2) is 40.9 Å². The third kappa shape index (κ3) is 3.29. The summed E-state index contributed by atoms with van der Waals surface area (Å²) in [5, 5.41) is 13.4. The molecule has 0 heterocycles. The first-order valence-corrected chi connectivity index (χ1v) is 7.21. The highest BCUT2D eigenvalue weighted by Crippen LogP contribution is 2.25. The summed E-state index contributed by atoms with van der Waals surface area (Å²) in [4.78, 5) is 0. The van der Waals surface area contributed by atoms with E-state index in [-0.39, 0.29) is 0 Å². The lowest BCUT2D eigenvalue weighted by molar-refractivity contribution is 0.465. The first-order valence-electron chi connectivity index (χ1n) is 6.41. The number of nitrogens with one attached hydrogen (secondary N) is 1. The number of para-hydroxylation sites is 1. The van der Waals surface area contributed by atoms with Crippen LogP contribution in [0.4, 0.5) is 5.69 Å². The number of hydrogen-bond acceptors (Lipinski definition) is 2. The summed E-state index contributed by atoms with van der Waals surface area (Å²) in [7, 11) is 0. The van der Waals surface area contributed by atoms with Crippen LogP contribution in [-0.4, -0.2) is 5.11 Å². The predicted octanol–water partition coefficient (Wildman–Crippen LogP) is 4.64. The van der Waals surface area contributed by atoms with E-state index >= 15 is 0 Å². The fourth-order valence-corrected chi connectivity index (χ4v) is 2.49. The van der Waals surface area contributed by atoms with Crippen molar-refractivity contribution in [3.63, 3.8) is 0 Å². The second-order valence-corrected chi connectivity index (χ2v) is 5.51. The molecule has 0 saturated heterocycles. The molecule has 2 aromatic rings. The molecule has 0 saturated carbocycles. The van der Waals surface area contributed by atoms with Crippen LogP contribution < -0.4 is 5.32 Å². The molecule has 2 aromatic carbocycles. The van der Waals surface area contributed by atoms with Gasteiger partial charge in [0.2, 0.25) is 0 Å². The third-order valence-electron chi connectivity index (χ3n) is 3.24. The molecule has 0 aliphatic heterocycles. The van der Waals surface area contributed by atoms with Crippen LogP contribution in [0.5, 0.6) is 5.75 Å². The molecular formula is C16H18BrNO. The van der Waals surface area contributed by atoms with Crippen LogP contribution in [0.25, 0.3) is 0 Å². The van der Waals surface area contributed by atoms with Gasteiger partial charge in [0.15, 0.2) is 0 Å². The highest BCUT2D eigenvalue weighted by Gasteiger charge is 2.05. The van der Waals surface area contributed by atoms with Gasteiger partial charge in [0.25, 0.3) is 0 Å². The Balaban J connectivity index is 2.17. The minimum Gasteiger partial charge on any atom is -0.507 e. The Kier molecular flexibility index (Phi) is 4.48. The van der Waals surface area contributed by atoms with Gasteiger partial charge in [-0.2, -0.15) is 0 Å². The Morgan fingerprint density at radius 2 is 1.95 bits per heavy atom. The van der Waals surface area contributed by atoms with E-state index in [1.165, 1.54) is 5.56 Å². The standard InChI is InChI=1S/C16H18BrNO/c1-3-12-9-14(17)7-8-15(12)18-10-13-6-4-5-11(2)16(13)19/h4-9,18-19H,3,10H2,1-2H3. The molecular weight excluding hydrogens is 302 g/mol. The van der Waals surface area contributed by atoms with Crippen molar-refractivity contribution in [1.82, 2.24) is 0 Å². The van der Waals surface area contributed by atoms with Crippen molar-refractivity contribution in [3.05, 3.63) is 57.6 Å². The monoisotopic (exact) mass is 319 g/mol. The third-order valence-corrected chi connectivity index (χ3v) is 3.73. The van der Waals surface area contributed by atoms with Crippen molar-refractivity contribution in [1.29, 1.82) is 0 Å². The van der Waals surface area contributed by atoms with Crippen LogP contribution in [0.1, 0.15) is 23.6 Å². The molecule has 2 N–H and O–H groups in total. The summed E-state index contributed by atoms with van der Waals surface area (Å²) >= 11 is 3.49. The van der Waals surface area contributed by atoms with Crippen LogP contribution in [0.2, 0.25) is 0 Å². The second-order valence-electron chi connectivity index (χ2n) is 4.59. The first-order chi connectivity index (χ1) is 9.11. The van der Waals surface area contributed by atoms with E-state index in [2.05, 4.69) is 40.3 Å². The summed E-state index contributed by atoms with van der Waals surface area (Å²) in [5.74, 6) is 0.380. The maximum absolute atomic E-state index is 10.00. The van der Waals surface area contributed by atoms with Gasteiger partial charge in [-0.1, -0.05) is 41.1 Å². The van der Waals surface area contributed by atoms with Crippen molar-refractivity contribution in [2.75, 3.05) is 5.32 Å². The highest BCUT2D eigenvalue weighted by atomic mass is 79.9. The average Bonchev–Trinajstić information content (AvgIpc) is 2.41. The SMILES string of the molecule is CCc1cc(Br)ccc1NCc1cccc(C)c1O. The lowest BCUT2D eigenvalue weighted by Crippen LogP contribution is -2.02. The Labute approximate surface area is 122 Å². The Morgan fingerprint density at radius 1 is 1.16 bits per heavy atom. The number of halogens is 1. The van der Waals surface area contributed by atoms with E-state index in [0.717, 1.165) is 27.7 Å². The van der Waals surface area contributed by atoms with Gasteiger partial charge in [-0.25, -0.2) is 0 Å². The lowest BCUT2D eigenvalue weighted by atomic mass is 10.1. The summed E-state index contributed by atoms with van der Waals surface area (Å²) in [6.45, 7) is 4.68. The lowest BCUT2D eigenvalue weighted by Gasteiger charge is -2.13. The number of phenolic OH excluding ortho intramolecular Hbond substituents is 1. The molecule has 0 bridgehead atoms. The van der Waals surface area contributed by atoms with Crippen molar-refractivity contribution >= 4 is 21.6 Å². The van der Waals surface area contributed by atoms with Crippen molar-refractivity contribution in [3.8, 4) is 5.75 Å². The smallest absolute Gasteiger partial charge is 0.123 e. The summed E-state index contributed by atoms with van der Waals surface area (Å²) in [5.41, 5.74) is 4.21. The number of aromatic hydroxyl groups is 1. The second kappa shape index (κ2) is 6.11. The summed E-state index contributed by atoms with van der Waals surface area (Å²) < 4.78 is 1.09. The first kappa shape index (κ1) is 13.9. The number of aryl methyl sites for hydroxylation is 2. The predicted molar refractivity (Wildman–Crippen MR) is 83.7 cm³/mol. The number of hydrogen-bond donors (Lipinski definition) is 2. The van der Waals surface area contributed by atoms with E-state index < -0.39 is 0 Å².